The Morgan fingerprint density at radius 1 is 1.33 bits per heavy atom. The number of hydrogen-bond acceptors (Lipinski definition) is 3. The molecule has 0 atom stereocenters. The number of carbonyl (C=O) groups excluding carboxylic acids is 1. The van der Waals surface area contributed by atoms with Gasteiger partial charge in [0.2, 0.25) is 0 Å². The van der Waals surface area contributed by atoms with Crippen molar-refractivity contribution in [1.82, 2.24) is 5.32 Å². The standard InChI is InChI=1S/C13H19NO3S/c1-4-9-7-8-18-10(9)11(15)14-13(5-2,6-3)12(16)17/h7-8H,4-6H2,1-3H3,(H,14,15)(H,16,17). The number of carboxylic acid groups (broad SMARTS) is 1. The second-order valence-corrected chi connectivity index (χ2v) is 5.09. The van der Waals surface area contributed by atoms with Gasteiger partial charge in [-0.25, -0.2) is 4.79 Å². The van der Waals surface area contributed by atoms with Gasteiger partial charge in [0, 0.05) is 0 Å². The first-order valence-electron chi connectivity index (χ1n) is 6.13. The monoisotopic (exact) mass is 269 g/mol. The second-order valence-electron chi connectivity index (χ2n) is 4.18. The molecule has 0 saturated heterocycles. The molecule has 18 heavy (non-hydrogen) atoms. The Morgan fingerprint density at radius 3 is 2.39 bits per heavy atom. The molecule has 0 aromatic carbocycles. The molecule has 0 bridgehead atoms. The lowest BCUT2D eigenvalue weighted by Gasteiger charge is -2.27. The summed E-state index contributed by atoms with van der Waals surface area (Å²) in [7, 11) is 0. The van der Waals surface area contributed by atoms with Crippen LogP contribution in [0.2, 0.25) is 0 Å². The van der Waals surface area contributed by atoms with Crippen molar-refractivity contribution in [3.05, 3.63) is 21.9 Å². The summed E-state index contributed by atoms with van der Waals surface area (Å²) in [6, 6.07) is 1.90. The number of hydrogen-bond donors (Lipinski definition) is 2. The van der Waals surface area contributed by atoms with E-state index in [-0.39, 0.29) is 5.91 Å². The van der Waals surface area contributed by atoms with Crippen LogP contribution < -0.4 is 5.32 Å². The molecule has 0 saturated carbocycles. The van der Waals surface area contributed by atoms with Crippen molar-refractivity contribution in [2.75, 3.05) is 0 Å². The fourth-order valence-corrected chi connectivity index (χ4v) is 2.76. The summed E-state index contributed by atoms with van der Waals surface area (Å²) in [5.74, 6) is -1.26. The van der Waals surface area contributed by atoms with E-state index in [1.807, 2.05) is 18.4 Å². The van der Waals surface area contributed by atoms with E-state index >= 15 is 0 Å². The number of amides is 1. The fraction of sp³-hybridized carbons (Fsp3) is 0.538. The lowest BCUT2D eigenvalue weighted by Crippen LogP contribution is -2.53. The normalized spacial score (nSPS) is 11.3. The van der Waals surface area contributed by atoms with Crippen LogP contribution in [-0.4, -0.2) is 22.5 Å². The Labute approximate surface area is 111 Å². The predicted octanol–water partition coefficient (Wildman–Crippen LogP) is 2.68. The van der Waals surface area contributed by atoms with E-state index in [2.05, 4.69) is 5.32 Å². The summed E-state index contributed by atoms with van der Waals surface area (Å²) in [6.07, 6.45) is 1.51. The molecule has 0 aliphatic rings. The number of aliphatic carboxylic acids is 1. The first-order chi connectivity index (χ1) is 8.50. The Hall–Kier alpha value is -1.36. The van der Waals surface area contributed by atoms with Crippen LogP contribution in [0.1, 0.15) is 48.8 Å². The van der Waals surface area contributed by atoms with Crippen molar-refractivity contribution in [2.24, 2.45) is 0 Å². The summed E-state index contributed by atoms with van der Waals surface area (Å²) >= 11 is 1.35. The van der Waals surface area contributed by atoms with Crippen LogP contribution >= 0.6 is 11.3 Å². The van der Waals surface area contributed by atoms with Crippen LogP contribution in [-0.2, 0) is 11.2 Å². The maximum Gasteiger partial charge on any atom is 0.329 e. The largest absolute Gasteiger partial charge is 0.480 e. The highest BCUT2D eigenvalue weighted by Gasteiger charge is 2.37. The van der Waals surface area contributed by atoms with E-state index in [0.29, 0.717) is 17.7 Å². The molecule has 0 aliphatic carbocycles. The highest BCUT2D eigenvalue weighted by molar-refractivity contribution is 7.12. The van der Waals surface area contributed by atoms with Gasteiger partial charge < -0.3 is 10.4 Å². The summed E-state index contributed by atoms with van der Waals surface area (Å²) in [5.41, 5.74) is -0.199. The van der Waals surface area contributed by atoms with Gasteiger partial charge in [-0.05, 0) is 36.3 Å². The van der Waals surface area contributed by atoms with E-state index in [9.17, 15) is 14.7 Å². The zero-order valence-corrected chi connectivity index (χ0v) is 11.8. The topological polar surface area (TPSA) is 66.4 Å². The first kappa shape index (κ1) is 14.7. The summed E-state index contributed by atoms with van der Waals surface area (Å²) in [6.45, 7) is 5.52. The minimum atomic E-state index is -1.16. The molecular formula is C13H19NO3S. The third-order valence-corrected chi connectivity index (χ3v) is 4.26. The van der Waals surface area contributed by atoms with Crippen LogP contribution in [0, 0.1) is 0 Å². The molecule has 0 fully saturated rings. The fourth-order valence-electron chi connectivity index (χ4n) is 1.87. The number of rotatable bonds is 6. The minimum Gasteiger partial charge on any atom is -0.480 e. The first-order valence-corrected chi connectivity index (χ1v) is 7.01. The van der Waals surface area contributed by atoms with Crippen molar-refractivity contribution < 1.29 is 14.7 Å². The number of nitrogens with one attached hydrogen (secondary N) is 1. The van der Waals surface area contributed by atoms with Gasteiger partial charge in [0.05, 0.1) is 4.88 Å². The number of carboxylic acids is 1. The van der Waals surface area contributed by atoms with Gasteiger partial charge in [-0.3, -0.25) is 4.79 Å². The molecule has 0 radical (unpaired) electrons. The highest BCUT2D eigenvalue weighted by Crippen LogP contribution is 2.21. The third-order valence-electron chi connectivity index (χ3n) is 3.30. The van der Waals surface area contributed by atoms with Gasteiger partial charge in [-0.2, -0.15) is 0 Å². The maximum absolute atomic E-state index is 12.2. The molecule has 1 aromatic heterocycles. The number of carbonyl (C=O) groups is 2. The van der Waals surface area contributed by atoms with Crippen molar-refractivity contribution in [3.8, 4) is 0 Å². The Morgan fingerprint density at radius 2 is 1.94 bits per heavy atom. The predicted molar refractivity (Wildman–Crippen MR) is 72.1 cm³/mol. The Kier molecular flexibility index (Phi) is 4.90. The van der Waals surface area contributed by atoms with Crippen molar-refractivity contribution >= 4 is 23.2 Å². The maximum atomic E-state index is 12.2. The zero-order valence-electron chi connectivity index (χ0n) is 10.9. The molecule has 0 unspecified atom stereocenters. The second kappa shape index (κ2) is 6.00. The van der Waals surface area contributed by atoms with Crippen LogP contribution in [0.4, 0.5) is 0 Å². The van der Waals surface area contributed by atoms with E-state index in [4.69, 9.17) is 0 Å². The Balaban J connectivity index is 2.95. The summed E-state index contributed by atoms with van der Waals surface area (Å²) in [4.78, 5) is 24.1. The van der Waals surface area contributed by atoms with Crippen LogP contribution in [0.15, 0.2) is 11.4 Å². The van der Waals surface area contributed by atoms with Gasteiger partial charge in [0.15, 0.2) is 0 Å². The average Bonchev–Trinajstić information content (AvgIpc) is 2.83. The molecule has 0 aliphatic heterocycles. The zero-order chi connectivity index (χ0) is 13.8. The van der Waals surface area contributed by atoms with Gasteiger partial charge in [-0.1, -0.05) is 20.8 Å². The molecule has 0 spiro atoms. The average molecular weight is 269 g/mol. The minimum absolute atomic E-state index is 0.284. The molecule has 1 aromatic rings. The molecule has 5 heteroatoms. The smallest absolute Gasteiger partial charge is 0.329 e. The van der Waals surface area contributed by atoms with Gasteiger partial charge >= 0.3 is 5.97 Å². The van der Waals surface area contributed by atoms with E-state index in [1.165, 1.54) is 11.3 Å². The van der Waals surface area contributed by atoms with Crippen LogP contribution in [0.25, 0.3) is 0 Å². The lowest BCUT2D eigenvalue weighted by molar-refractivity contribution is -0.144. The van der Waals surface area contributed by atoms with E-state index in [0.717, 1.165) is 12.0 Å². The lowest BCUT2D eigenvalue weighted by atomic mass is 9.92. The third kappa shape index (κ3) is 2.72. The summed E-state index contributed by atoms with van der Waals surface area (Å²) < 4.78 is 0. The van der Waals surface area contributed by atoms with Gasteiger partial charge in [0.25, 0.3) is 5.91 Å². The van der Waals surface area contributed by atoms with E-state index < -0.39 is 11.5 Å². The van der Waals surface area contributed by atoms with Crippen molar-refractivity contribution in [3.63, 3.8) is 0 Å². The van der Waals surface area contributed by atoms with Crippen LogP contribution in [0.3, 0.4) is 0 Å². The Bertz CT molecular complexity index is 435. The van der Waals surface area contributed by atoms with Gasteiger partial charge in [0.1, 0.15) is 5.54 Å². The quantitative estimate of drug-likeness (QED) is 0.834. The number of aryl methyl sites for hydroxylation is 1. The molecule has 2 N–H and O–H groups in total. The highest BCUT2D eigenvalue weighted by atomic mass is 32.1. The van der Waals surface area contributed by atoms with Crippen molar-refractivity contribution in [1.29, 1.82) is 0 Å². The summed E-state index contributed by atoms with van der Waals surface area (Å²) in [5, 5.41) is 13.8. The van der Waals surface area contributed by atoms with Crippen molar-refractivity contribution in [2.45, 2.75) is 45.6 Å². The molecule has 4 nitrogen and oxygen atoms in total. The molecule has 1 heterocycles. The molecular weight excluding hydrogens is 250 g/mol. The SMILES string of the molecule is CCc1ccsc1C(=O)NC(CC)(CC)C(=O)O. The van der Waals surface area contributed by atoms with Gasteiger partial charge in [-0.15, -0.1) is 11.3 Å². The van der Waals surface area contributed by atoms with Crippen LogP contribution in [0.5, 0.6) is 0 Å². The molecule has 1 rings (SSSR count). The van der Waals surface area contributed by atoms with E-state index in [1.54, 1.807) is 13.8 Å². The number of thiophene rings is 1. The molecule has 1 amide bonds. The molecule has 100 valence electrons.